The van der Waals surface area contributed by atoms with E-state index in [1.54, 1.807) is 18.2 Å². The third-order valence-corrected chi connectivity index (χ3v) is 3.42. The van der Waals surface area contributed by atoms with Gasteiger partial charge in [-0.2, -0.15) is 0 Å². The Bertz CT molecular complexity index is 807. The van der Waals surface area contributed by atoms with Crippen LogP contribution in [0.1, 0.15) is 22.8 Å². The van der Waals surface area contributed by atoms with Crippen molar-refractivity contribution in [2.24, 2.45) is 0 Å². The second-order valence-electron chi connectivity index (χ2n) is 4.84. The first-order valence-electron chi connectivity index (χ1n) is 6.85. The maximum absolute atomic E-state index is 12.2. The van der Waals surface area contributed by atoms with Gasteiger partial charge < -0.3 is 10.1 Å². The number of benzene rings is 2. The lowest BCUT2D eigenvalue weighted by molar-refractivity contribution is -0.384. The molecule has 0 aliphatic carbocycles. The van der Waals surface area contributed by atoms with E-state index in [4.69, 9.17) is 16.3 Å². The summed E-state index contributed by atoms with van der Waals surface area (Å²) in [6.45, 7) is 1.18. The second kappa shape index (κ2) is 7.56. The number of rotatable bonds is 5. The maximum Gasteiger partial charge on any atom is 0.340 e. The highest BCUT2D eigenvalue weighted by Gasteiger charge is 2.15. The van der Waals surface area contributed by atoms with Crippen molar-refractivity contribution < 1.29 is 19.2 Å². The third-order valence-electron chi connectivity index (χ3n) is 3.06. The number of nitro benzene ring substituents is 1. The Morgan fingerprint density at radius 3 is 2.58 bits per heavy atom. The fraction of sp³-hybridized carbons (Fsp3) is 0.125. The molecule has 0 fully saturated rings. The number of halogens is 1. The molecular weight excluding hydrogens is 336 g/mol. The number of amides is 1. The van der Waals surface area contributed by atoms with Crippen molar-refractivity contribution in [2.45, 2.75) is 13.5 Å². The molecule has 7 nitrogen and oxygen atoms in total. The SMILES string of the molecule is CC(=O)Nc1ccccc1C(=O)OCc1ccc([N+](=O)[O-])cc1Cl. The van der Waals surface area contributed by atoms with Crippen LogP contribution >= 0.6 is 11.6 Å². The topological polar surface area (TPSA) is 98.5 Å². The van der Waals surface area contributed by atoms with E-state index in [1.807, 2.05) is 0 Å². The lowest BCUT2D eigenvalue weighted by Crippen LogP contribution is -2.13. The molecule has 124 valence electrons. The van der Waals surface area contributed by atoms with Crippen LogP contribution in [0.5, 0.6) is 0 Å². The Labute approximate surface area is 142 Å². The first kappa shape index (κ1) is 17.4. The zero-order valence-corrected chi connectivity index (χ0v) is 13.4. The normalized spacial score (nSPS) is 10.1. The Hall–Kier alpha value is -2.93. The largest absolute Gasteiger partial charge is 0.457 e. The second-order valence-corrected chi connectivity index (χ2v) is 5.24. The van der Waals surface area contributed by atoms with E-state index in [0.717, 1.165) is 0 Å². The summed E-state index contributed by atoms with van der Waals surface area (Å²) >= 11 is 5.95. The first-order chi connectivity index (χ1) is 11.4. The van der Waals surface area contributed by atoms with Crippen LogP contribution in [0.15, 0.2) is 42.5 Å². The quantitative estimate of drug-likeness (QED) is 0.506. The zero-order valence-electron chi connectivity index (χ0n) is 12.6. The Morgan fingerprint density at radius 1 is 1.25 bits per heavy atom. The van der Waals surface area contributed by atoms with Crippen molar-refractivity contribution in [2.75, 3.05) is 5.32 Å². The number of para-hydroxylation sites is 1. The summed E-state index contributed by atoms with van der Waals surface area (Å²) in [6.07, 6.45) is 0. The van der Waals surface area contributed by atoms with Gasteiger partial charge in [-0.15, -0.1) is 0 Å². The molecule has 0 unspecified atom stereocenters. The highest BCUT2D eigenvalue weighted by molar-refractivity contribution is 6.31. The van der Waals surface area contributed by atoms with Gasteiger partial charge in [0.15, 0.2) is 0 Å². The van der Waals surface area contributed by atoms with Gasteiger partial charge in [0.1, 0.15) is 6.61 Å². The highest BCUT2D eigenvalue weighted by Crippen LogP contribution is 2.24. The number of non-ortho nitro benzene ring substituents is 1. The molecule has 0 atom stereocenters. The monoisotopic (exact) mass is 348 g/mol. The molecule has 24 heavy (non-hydrogen) atoms. The molecule has 0 aliphatic rings. The van der Waals surface area contributed by atoms with Crippen molar-refractivity contribution >= 4 is 34.9 Å². The minimum atomic E-state index is -0.645. The fourth-order valence-corrected chi connectivity index (χ4v) is 2.18. The van der Waals surface area contributed by atoms with Crippen LogP contribution in [0, 0.1) is 10.1 Å². The third kappa shape index (κ3) is 4.30. The van der Waals surface area contributed by atoms with Crippen LogP contribution in [-0.4, -0.2) is 16.8 Å². The summed E-state index contributed by atoms with van der Waals surface area (Å²) in [7, 11) is 0. The summed E-state index contributed by atoms with van der Waals surface area (Å²) in [5.74, 6) is -0.956. The minimum absolute atomic E-state index is 0.132. The van der Waals surface area contributed by atoms with Gasteiger partial charge >= 0.3 is 5.97 Å². The number of nitrogens with one attached hydrogen (secondary N) is 1. The number of hydrogen-bond donors (Lipinski definition) is 1. The predicted molar refractivity (Wildman–Crippen MR) is 88.0 cm³/mol. The van der Waals surface area contributed by atoms with E-state index in [9.17, 15) is 19.7 Å². The van der Waals surface area contributed by atoms with E-state index in [0.29, 0.717) is 11.3 Å². The van der Waals surface area contributed by atoms with Gasteiger partial charge in [-0.25, -0.2) is 4.79 Å². The van der Waals surface area contributed by atoms with Crippen LogP contribution in [0.3, 0.4) is 0 Å². The van der Waals surface area contributed by atoms with E-state index in [2.05, 4.69) is 5.32 Å². The molecule has 0 saturated carbocycles. The molecule has 2 rings (SSSR count). The van der Waals surface area contributed by atoms with Crippen LogP contribution in [-0.2, 0) is 16.1 Å². The van der Waals surface area contributed by atoms with Crippen molar-refractivity contribution in [1.82, 2.24) is 0 Å². The van der Waals surface area contributed by atoms with E-state index >= 15 is 0 Å². The molecule has 0 heterocycles. The highest BCUT2D eigenvalue weighted by atomic mass is 35.5. The number of nitro groups is 1. The molecule has 1 amide bonds. The van der Waals surface area contributed by atoms with Crippen molar-refractivity contribution in [1.29, 1.82) is 0 Å². The van der Waals surface area contributed by atoms with E-state index in [1.165, 1.54) is 31.2 Å². The van der Waals surface area contributed by atoms with Gasteiger partial charge in [-0.1, -0.05) is 23.7 Å². The van der Waals surface area contributed by atoms with Gasteiger partial charge in [-0.05, 0) is 18.2 Å². The number of carbonyl (C=O) groups excluding carboxylic acids is 2. The lowest BCUT2D eigenvalue weighted by Gasteiger charge is -2.10. The maximum atomic E-state index is 12.2. The van der Waals surface area contributed by atoms with Gasteiger partial charge in [0.05, 0.1) is 21.2 Å². The number of nitrogens with zero attached hydrogens (tertiary/aromatic N) is 1. The van der Waals surface area contributed by atoms with E-state index < -0.39 is 10.9 Å². The van der Waals surface area contributed by atoms with Crippen LogP contribution < -0.4 is 5.32 Å². The zero-order chi connectivity index (χ0) is 17.7. The fourth-order valence-electron chi connectivity index (χ4n) is 1.95. The number of ether oxygens (including phenoxy) is 1. The molecule has 1 N–H and O–H groups in total. The average molecular weight is 349 g/mol. The number of hydrogen-bond acceptors (Lipinski definition) is 5. The lowest BCUT2D eigenvalue weighted by atomic mass is 10.1. The molecule has 2 aromatic rings. The molecule has 0 spiro atoms. The van der Waals surface area contributed by atoms with Crippen LogP contribution in [0.4, 0.5) is 11.4 Å². The summed E-state index contributed by atoms with van der Waals surface area (Å²) in [4.78, 5) is 33.4. The Kier molecular flexibility index (Phi) is 5.49. The van der Waals surface area contributed by atoms with Gasteiger partial charge in [-0.3, -0.25) is 14.9 Å². The molecule has 8 heteroatoms. The van der Waals surface area contributed by atoms with Gasteiger partial charge in [0, 0.05) is 24.6 Å². The van der Waals surface area contributed by atoms with Gasteiger partial charge in [0.25, 0.3) is 5.69 Å². The molecular formula is C16H13ClN2O5. The van der Waals surface area contributed by atoms with E-state index in [-0.39, 0.29) is 28.8 Å². The van der Waals surface area contributed by atoms with Crippen LogP contribution in [0.25, 0.3) is 0 Å². The molecule has 0 aromatic heterocycles. The molecule has 2 aromatic carbocycles. The number of anilines is 1. The van der Waals surface area contributed by atoms with Crippen molar-refractivity contribution in [3.05, 3.63) is 68.7 Å². The molecule has 0 aliphatic heterocycles. The number of esters is 1. The summed E-state index contributed by atoms with van der Waals surface area (Å²) in [5.41, 5.74) is 0.828. The number of carbonyl (C=O) groups is 2. The summed E-state index contributed by atoms with van der Waals surface area (Å²) in [6, 6.07) is 10.3. The molecule has 0 bridgehead atoms. The first-order valence-corrected chi connectivity index (χ1v) is 7.23. The van der Waals surface area contributed by atoms with Crippen LogP contribution in [0.2, 0.25) is 5.02 Å². The Morgan fingerprint density at radius 2 is 1.96 bits per heavy atom. The standard InChI is InChI=1S/C16H13ClN2O5/c1-10(20)18-15-5-3-2-4-13(15)16(21)24-9-11-6-7-12(19(22)23)8-14(11)17/h2-8H,9H2,1H3,(H,18,20). The van der Waals surface area contributed by atoms with Crippen molar-refractivity contribution in [3.63, 3.8) is 0 Å². The minimum Gasteiger partial charge on any atom is -0.457 e. The molecule has 0 saturated heterocycles. The van der Waals surface area contributed by atoms with Gasteiger partial charge in [0.2, 0.25) is 5.91 Å². The summed E-state index contributed by atoms with van der Waals surface area (Å²) in [5, 5.41) is 13.3. The Balaban J connectivity index is 2.11. The smallest absolute Gasteiger partial charge is 0.340 e. The summed E-state index contributed by atoms with van der Waals surface area (Å²) < 4.78 is 5.17. The van der Waals surface area contributed by atoms with Crippen molar-refractivity contribution in [3.8, 4) is 0 Å². The molecule has 0 radical (unpaired) electrons. The predicted octanol–water partition coefficient (Wildman–Crippen LogP) is 3.56. The average Bonchev–Trinajstić information content (AvgIpc) is 2.53.